The molecule has 0 radical (unpaired) electrons. The lowest BCUT2D eigenvalue weighted by molar-refractivity contribution is -0.734. The Bertz CT molecular complexity index is 1050. The lowest BCUT2D eigenvalue weighted by atomic mass is 9.94. The van der Waals surface area contributed by atoms with Crippen molar-refractivity contribution in [2.75, 3.05) is 0 Å². The molecular weight excluding hydrogens is 268 g/mol. The number of aryl methyl sites for hydroxylation is 1. The Morgan fingerprint density at radius 3 is 2.73 bits per heavy atom. The van der Waals surface area contributed by atoms with Gasteiger partial charge in [-0.05, 0) is 38.3 Å². The van der Waals surface area contributed by atoms with Gasteiger partial charge in [-0.15, -0.1) is 0 Å². The van der Waals surface area contributed by atoms with Crippen molar-refractivity contribution in [3.8, 4) is 0 Å². The maximum absolute atomic E-state index is 2.47. The highest BCUT2D eigenvalue weighted by Gasteiger charge is 2.33. The highest BCUT2D eigenvalue weighted by molar-refractivity contribution is 6.12. The van der Waals surface area contributed by atoms with Gasteiger partial charge in [-0.1, -0.05) is 36.4 Å². The Kier molecular flexibility index (Phi) is 2.16. The molecule has 0 spiro atoms. The van der Waals surface area contributed by atoms with E-state index in [0.29, 0.717) is 0 Å². The van der Waals surface area contributed by atoms with Gasteiger partial charge in [0.05, 0.1) is 5.39 Å². The summed E-state index contributed by atoms with van der Waals surface area (Å²) in [4.78, 5) is 0. The van der Waals surface area contributed by atoms with Gasteiger partial charge in [-0.3, -0.25) is 0 Å². The van der Waals surface area contributed by atoms with E-state index in [1.54, 1.807) is 0 Å². The number of para-hydroxylation sites is 1. The molecule has 108 valence electrons. The third-order valence-corrected chi connectivity index (χ3v) is 5.31. The molecular formula is C20H19N2+. The number of benzene rings is 2. The molecule has 2 aromatic heterocycles. The molecule has 1 aliphatic rings. The van der Waals surface area contributed by atoms with E-state index in [-0.39, 0.29) is 5.54 Å². The lowest BCUT2D eigenvalue weighted by Gasteiger charge is -2.19. The fourth-order valence-corrected chi connectivity index (χ4v) is 4.08. The number of fused-ring (bicyclic) bond motifs is 3. The van der Waals surface area contributed by atoms with Crippen molar-refractivity contribution < 1.29 is 4.57 Å². The summed E-state index contributed by atoms with van der Waals surface area (Å²) >= 11 is 0. The first kappa shape index (κ1) is 12.2. The molecule has 0 atom stereocenters. The average molecular weight is 287 g/mol. The first-order valence-corrected chi connectivity index (χ1v) is 8.02. The van der Waals surface area contributed by atoms with Gasteiger partial charge in [-0.25, -0.2) is 4.57 Å². The number of hydrogen-bond donors (Lipinski definition) is 0. The van der Waals surface area contributed by atoms with Gasteiger partial charge < -0.3 is 0 Å². The predicted octanol–water partition coefficient (Wildman–Crippen LogP) is 4.21. The fourth-order valence-electron chi connectivity index (χ4n) is 4.08. The van der Waals surface area contributed by atoms with E-state index in [1.165, 1.54) is 39.3 Å². The van der Waals surface area contributed by atoms with Crippen molar-refractivity contribution in [2.24, 2.45) is 0 Å². The normalized spacial score (nSPS) is 16.6. The maximum atomic E-state index is 2.47. The first-order valence-electron chi connectivity index (χ1n) is 8.02. The summed E-state index contributed by atoms with van der Waals surface area (Å²) in [5.41, 5.74) is 4.25. The fraction of sp³-hybridized carbons (Fsp3) is 0.250. The zero-order valence-corrected chi connectivity index (χ0v) is 13.0. The van der Waals surface area contributed by atoms with Crippen molar-refractivity contribution >= 4 is 27.3 Å². The van der Waals surface area contributed by atoms with Crippen LogP contribution < -0.4 is 4.57 Å². The van der Waals surface area contributed by atoms with Crippen molar-refractivity contribution in [1.29, 1.82) is 0 Å². The Morgan fingerprint density at radius 1 is 1.00 bits per heavy atom. The minimum absolute atomic E-state index is 0.142. The number of aromatic nitrogens is 2. The second-order valence-electron chi connectivity index (χ2n) is 7.03. The molecule has 4 aromatic rings. The Balaban J connectivity index is 2.18. The summed E-state index contributed by atoms with van der Waals surface area (Å²) in [5.74, 6) is 0. The second-order valence-corrected chi connectivity index (χ2v) is 7.03. The molecule has 0 saturated carbocycles. The SMILES string of the molecule is CC1(C)CCc2cccc3c4ccccc4n4cc[n+]1c4c23. The third kappa shape index (κ3) is 1.38. The van der Waals surface area contributed by atoms with Crippen molar-refractivity contribution in [2.45, 2.75) is 32.2 Å². The zero-order chi connectivity index (χ0) is 14.9. The van der Waals surface area contributed by atoms with Crippen LogP contribution in [-0.2, 0) is 12.0 Å². The van der Waals surface area contributed by atoms with Crippen LogP contribution in [0.2, 0.25) is 0 Å². The first-order chi connectivity index (χ1) is 10.7. The molecule has 2 nitrogen and oxygen atoms in total. The van der Waals surface area contributed by atoms with Crippen LogP contribution in [0.4, 0.5) is 0 Å². The minimum atomic E-state index is 0.142. The topological polar surface area (TPSA) is 8.29 Å². The highest BCUT2D eigenvalue weighted by Crippen LogP contribution is 2.35. The molecule has 22 heavy (non-hydrogen) atoms. The van der Waals surface area contributed by atoms with Crippen LogP contribution in [0.25, 0.3) is 27.3 Å². The van der Waals surface area contributed by atoms with Gasteiger partial charge in [0.1, 0.15) is 23.4 Å². The lowest BCUT2D eigenvalue weighted by Crippen LogP contribution is -2.51. The van der Waals surface area contributed by atoms with Crippen molar-refractivity contribution in [1.82, 2.24) is 4.40 Å². The molecule has 2 heteroatoms. The van der Waals surface area contributed by atoms with Gasteiger partial charge in [0.25, 0.3) is 5.65 Å². The summed E-state index contributed by atoms with van der Waals surface area (Å²) in [5, 5.41) is 4.15. The third-order valence-electron chi connectivity index (χ3n) is 5.31. The van der Waals surface area contributed by atoms with Gasteiger partial charge in [-0.2, -0.15) is 4.40 Å². The summed E-state index contributed by atoms with van der Waals surface area (Å²) in [6, 6.07) is 15.5. The molecule has 0 amide bonds. The number of pyridine rings is 1. The van der Waals surface area contributed by atoms with Gasteiger partial charge >= 0.3 is 0 Å². The van der Waals surface area contributed by atoms with Crippen LogP contribution in [0.5, 0.6) is 0 Å². The Morgan fingerprint density at radius 2 is 1.82 bits per heavy atom. The second kappa shape index (κ2) is 3.89. The van der Waals surface area contributed by atoms with E-state index < -0.39 is 0 Å². The zero-order valence-electron chi connectivity index (χ0n) is 13.0. The van der Waals surface area contributed by atoms with Crippen LogP contribution in [0, 0.1) is 0 Å². The molecule has 2 aromatic carbocycles. The minimum Gasteiger partial charge on any atom is -0.225 e. The average Bonchev–Trinajstić information content (AvgIpc) is 2.95. The van der Waals surface area contributed by atoms with Crippen molar-refractivity contribution in [3.63, 3.8) is 0 Å². The standard InChI is InChI=1S/C20H19N2/c1-20(2)11-10-14-6-5-8-16-15-7-3-4-9-17(15)21-12-13-22(20)19(21)18(14)16/h3-9,12-13H,10-11H2,1-2H3/q+1. The van der Waals surface area contributed by atoms with Crippen LogP contribution in [0.15, 0.2) is 54.9 Å². The highest BCUT2D eigenvalue weighted by atomic mass is 15.2. The number of imidazole rings is 1. The van der Waals surface area contributed by atoms with Crippen molar-refractivity contribution in [3.05, 3.63) is 60.4 Å². The molecule has 0 aliphatic carbocycles. The quantitative estimate of drug-likeness (QED) is 0.338. The van der Waals surface area contributed by atoms with E-state index >= 15 is 0 Å². The molecule has 0 unspecified atom stereocenters. The summed E-state index contributed by atoms with van der Waals surface area (Å²) in [6.07, 6.45) is 6.78. The van der Waals surface area contributed by atoms with Crippen LogP contribution >= 0.6 is 0 Å². The predicted molar refractivity (Wildman–Crippen MR) is 90.2 cm³/mol. The number of hydrogen-bond acceptors (Lipinski definition) is 0. The number of rotatable bonds is 0. The molecule has 0 N–H and O–H groups in total. The largest absolute Gasteiger partial charge is 0.295 e. The van der Waals surface area contributed by atoms with E-state index in [0.717, 1.165) is 6.42 Å². The van der Waals surface area contributed by atoms with E-state index in [4.69, 9.17) is 0 Å². The maximum Gasteiger partial charge on any atom is 0.295 e. The summed E-state index contributed by atoms with van der Waals surface area (Å²) < 4.78 is 4.84. The Hall–Kier alpha value is -2.35. The monoisotopic (exact) mass is 287 g/mol. The Labute approximate surface area is 129 Å². The smallest absolute Gasteiger partial charge is 0.225 e. The molecule has 0 bridgehead atoms. The van der Waals surface area contributed by atoms with Crippen LogP contribution in [-0.4, -0.2) is 4.40 Å². The molecule has 3 heterocycles. The molecule has 5 rings (SSSR count). The van der Waals surface area contributed by atoms with Gasteiger partial charge in [0, 0.05) is 10.8 Å². The number of nitrogens with zero attached hydrogens (tertiary/aromatic N) is 2. The van der Waals surface area contributed by atoms with Crippen LogP contribution in [0.1, 0.15) is 25.8 Å². The van der Waals surface area contributed by atoms with E-state index in [9.17, 15) is 0 Å². The van der Waals surface area contributed by atoms with Gasteiger partial charge in [0.2, 0.25) is 0 Å². The van der Waals surface area contributed by atoms with E-state index in [2.05, 4.69) is 77.7 Å². The van der Waals surface area contributed by atoms with Crippen LogP contribution in [0.3, 0.4) is 0 Å². The molecule has 0 saturated heterocycles. The van der Waals surface area contributed by atoms with Gasteiger partial charge in [0.15, 0.2) is 0 Å². The summed E-state index contributed by atoms with van der Waals surface area (Å²) in [7, 11) is 0. The molecule has 1 aliphatic heterocycles. The summed E-state index contributed by atoms with van der Waals surface area (Å²) in [6.45, 7) is 4.69. The molecule has 0 fully saturated rings. The van der Waals surface area contributed by atoms with E-state index in [1.807, 2.05) is 0 Å².